The Balaban J connectivity index is 1.69. The molecular weight excluding hydrogens is 492 g/mol. The molecule has 0 bridgehead atoms. The number of ether oxygens (including phenoxy) is 1. The smallest absolute Gasteiger partial charge is 0.282 e. The van der Waals surface area contributed by atoms with E-state index >= 15 is 0 Å². The molecule has 0 aliphatic heterocycles. The predicted octanol–water partition coefficient (Wildman–Crippen LogP) is 5.83. The van der Waals surface area contributed by atoms with Gasteiger partial charge in [-0.15, -0.1) is 0 Å². The molecular formula is C27H23BrN4O2. The Morgan fingerprint density at radius 1 is 1.15 bits per heavy atom. The van der Waals surface area contributed by atoms with Crippen LogP contribution in [0.25, 0.3) is 10.9 Å². The summed E-state index contributed by atoms with van der Waals surface area (Å²) >= 11 is 3.43. The summed E-state index contributed by atoms with van der Waals surface area (Å²) in [6.07, 6.45) is 4.16. The Labute approximate surface area is 206 Å². The van der Waals surface area contributed by atoms with Crippen molar-refractivity contribution in [1.82, 2.24) is 9.66 Å². The molecule has 34 heavy (non-hydrogen) atoms. The van der Waals surface area contributed by atoms with E-state index in [9.17, 15) is 10.1 Å². The number of unbranched alkanes of at least 4 members (excludes halogenated alkanes) is 1. The molecule has 0 saturated carbocycles. The summed E-state index contributed by atoms with van der Waals surface area (Å²) in [6.45, 7) is 2.35. The van der Waals surface area contributed by atoms with Crippen LogP contribution in [0.4, 0.5) is 0 Å². The second kappa shape index (κ2) is 10.9. The average molecular weight is 515 g/mol. The number of hydrogen-bond donors (Lipinski definition) is 0. The minimum Gasteiger partial charge on any atom is -0.488 e. The van der Waals surface area contributed by atoms with Crippen molar-refractivity contribution in [3.05, 3.63) is 104 Å². The Bertz CT molecular complexity index is 1450. The molecule has 1 aromatic heterocycles. The van der Waals surface area contributed by atoms with E-state index in [1.54, 1.807) is 18.3 Å². The number of hydrogen-bond acceptors (Lipinski definition) is 5. The zero-order chi connectivity index (χ0) is 23.9. The van der Waals surface area contributed by atoms with Gasteiger partial charge < -0.3 is 4.74 Å². The first-order chi connectivity index (χ1) is 16.6. The average Bonchev–Trinajstić information content (AvgIpc) is 2.87. The molecule has 4 rings (SSSR count). The highest BCUT2D eigenvalue weighted by molar-refractivity contribution is 9.10. The van der Waals surface area contributed by atoms with E-state index in [2.05, 4.69) is 34.0 Å². The molecule has 3 aromatic carbocycles. The van der Waals surface area contributed by atoms with Crippen molar-refractivity contribution in [3.63, 3.8) is 0 Å². The van der Waals surface area contributed by atoms with Crippen LogP contribution in [0.1, 0.15) is 42.3 Å². The van der Waals surface area contributed by atoms with Crippen molar-refractivity contribution in [1.29, 1.82) is 5.26 Å². The summed E-state index contributed by atoms with van der Waals surface area (Å²) < 4.78 is 8.21. The van der Waals surface area contributed by atoms with Gasteiger partial charge in [-0.3, -0.25) is 4.79 Å². The van der Waals surface area contributed by atoms with Crippen molar-refractivity contribution in [2.45, 2.75) is 32.8 Å². The van der Waals surface area contributed by atoms with E-state index in [1.807, 2.05) is 54.6 Å². The van der Waals surface area contributed by atoms with Gasteiger partial charge in [-0.05, 0) is 42.8 Å². The van der Waals surface area contributed by atoms with Gasteiger partial charge in [-0.2, -0.15) is 15.0 Å². The van der Waals surface area contributed by atoms with Gasteiger partial charge in [-0.1, -0.05) is 59.6 Å². The summed E-state index contributed by atoms with van der Waals surface area (Å²) in [5, 5.41) is 14.3. The second-order valence-corrected chi connectivity index (χ2v) is 8.67. The number of aryl methyl sites for hydroxylation is 1. The largest absolute Gasteiger partial charge is 0.488 e. The number of halogens is 1. The number of nitriles is 1. The van der Waals surface area contributed by atoms with Crippen LogP contribution >= 0.6 is 15.9 Å². The van der Waals surface area contributed by atoms with E-state index in [0.717, 1.165) is 28.4 Å². The summed E-state index contributed by atoms with van der Waals surface area (Å²) in [4.78, 5) is 18.0. The molecule has 0 aliphatic carbocycles. The van der Waals surface area contributed by atoms with Crippen molar-refractivity contribution in [3.8, 4) is 11.8 Å². The highest BCUT2D eigenvalue weighted by Gasteiger charge is 2.11. The van der Waals surface area contributed by atoms with Crippen molar-refractivity contribution in [2.24, 2.45) is 5.10 Å². The molecule has 0 spiro atoms. The number of benzene rings is 3. The quantitative estimate of drug-likeness (QED) is 0.277. The predicted molar refractivity (Wildman–Crippen MR) is 137 cm³/mol. The minimum absolute atomic E-state index is 0.213. The third kappa shape index (κ3) is 5.24. The normalized spacial score (nSPS) is 11.1. The highest BCUT2D eigenvalue weighted by Crippen LogP contribution is 2.20. The first-order valence-electron chi connectivity index (χ1n) is 11.1. The number of para-hydroxylation sites is 1. The molecule has 1 heterocycles. The van der Waals surface area contributed by atoms with Crippen molar-refractivity contribution >= 4 is 33.0 Å². The van der Waals surface area contributed by atoms with Gasteiger partial charge in [0.1, 0.15) is 18.2 Å². The standard InChI is InChI=1S/C27H23BrN4O2/c1-2-3-12-26-31-24-14-13-22(28)15-23(24)27(33)32(26)30-17-20-9-6-7-11-25(20)34-18-21-10-5-4-8-19(21)16-29/h4-11,13-15,17H,2-3,12,18H2,1H3. The van der Waals surface area contributed by atoms with Crippen LogP contribution in [0.5, 0.6) is 5.75 Å². The zero-order valence-electron chi connectivity index (χ0n) is 18.7. The van der Waals surface area contributed by atoms with Crippen LogP contribution in [0, 0.1) is 11.3 Å². The Kier molecular flexibility index (Phi) is 7.51. The molecule has 0 atom stereocenters. The summed E-state index contributed by atoms with van der Waals surface area (Å²) in [6, 6.07) is 22.5. The lowest BCUT2D eigenvalue weighted by Crippen LogP contribution is -2.22. The third-order valence-electron chi connectivity index (χ3n) is 5.38. The maximum Gasteiger partial charge on any atom is 0.282 e. The van der Waals surface area contributed by atoms with Gasteiger partial charge in [0.05, 0.1) is 28.8 Å². The van der Waals surface area contributed by atoms with E-state index < -0.39 is 0 Å². The Morgan fingerprint density at radius 2 is 1.94 bits per heavy atom. The molecule has 4 aromatic rings. The molecule has 0 fully saturated rings. The van der Waals surface area contributed by atoms with E-state index in [4.69, 9.17) is 9.72 Å². The van der Waals surface area contributed by atoms with Gasteiger partial charge in [0.2, 0.25) is 0 Å². The van der Waals surface area contributed by atoms with Crippen LogP contribution in [0.3, 0.4) is 0 Å². The molecule has 0 N–H and O–H groups in total. The van der Waals surface area contributed by atoms with Crippen LogP contribution in [0.2, 0.25) is 0 Å². The lowest BCUT2D eigenvalue weighted by atomic mass is 10.1. The van der Waals surface area contributed by atoms with Gasteiger partial charge in [0, 0.05) is 22.0 Å². The molecule has 0 radical (unpaired) electrons. The Hall–Kier alpha value is -3.76. The van der Waals surface area contributed by atoms with Gasteiger partial charge in [0.25, 0.3) is 5.56 Å². The summed E-state index contributed by atoms with van der Waals surface area (Å²) in [5.74, 6) is 1.23. The molecule has 7 heteroatoms. The first kappa shape index (κ1) is 23.4. The van der Waals surface area contributed by atoms with Gasteiger partial charge in [0.15, 0.2) is 0 Å². The highest BCUT2D eigenvalue weighted by atomic mass is 79.9. The first-order valence-corrected chi connectivity index (χ1v) is 11.9. The zero-order valence-corrected chi connectivity index (χ0v) is 20.3. The second-order valence-electron chi connectivity index (χ2n) is 7.75. The molecule has 0 saturated heterocycles. The fourth-order valence-electron chi connectivity index (χ4n) is 3.56. The van der Waals surface area contributed by atoms with Crippen molar-refractivity contribution in [2.75, 3.05) is 0 Å². The summed E-state index contributed by atoms with van der Waals surface area (Å²) in [7, 11) is 0. The Morgan fingerprint density at radius 3 is 2.76 bits per heavy atom. The topological polar surface area (TPSA) is 80.3 Å². The van der Waals surface area contributed by atoms with Gasteiger partial charge in [-0.25, -0.2) is 4.98 Å². The minimum atomic E-state index is -0.213. The monoisotopic (exact) mass is 514 g/mol. The lowest BCUT2D eigenvalue weighted by Gasteiger charge is -2.11. The fourth-order valence-corrected chi connectivity index (χ4v) is 3.92. The SMILES string of the molecule is CCCCc1nc2ccc(Br)cc2c(=O)n1N=Cc1ccccc1OCc1ccccc1C#N. The van der Waals surface area contributed by atoms with E-state index in [0.29, 0.717) is 34.5 Å². The van der Waals surface area contributed by atoms with E-state index in [-0.39, 0.29) is 12.2 Å². The van der Waals surface area contributed by atoms with Crippen LogP contribution in [-0.4, -0.2) is 15.9 Å². The number of fused-ring (bicyclic) bond motifs is 1. The fraction of sp³-hybridized carbons (Fsp3) is 0.185. The van der Waals surface area contributed by atoms with Gasteiger partial charge >= 0.3 is 0 Å². The molecule has 6 nitrogen and oxygen atoms in total. The number of nitrogens with zero attached hydrogens (tertiary/aromatic N) is 4. The molecule has 0 amide bonds. The lowest BCUT2D eigenvalue weighted by molar-refractivity contribution is 0.305. The van der Waals surface area contributed by atoms with Crippen LogP contribution in [0.15, 0.2) is 81.1 Å². The molecule has 0 unspecified atom stereocenters. The summed E-state index contributed by atoms with van der Waals surface area (Å²) in [5.41, 5.74) is 2.55. The maximum absolute atomic E-state index is 13.3. The number of aromatic nitrogens is 2. The van der Waals surface area contributed by atoms with Crippen LogP contribution < -0.4 is 10.3 Å². The van der Waals surface area contributed by atoms with Crippen LogP contribution in [-0.2, 0) is 13.0 Å². The molecule has 0 aliphatic rings. The number of rotatable bonds is 8. The maximum atomic E-state index is 13.3. The third-order valence-corrected chi connectivity index (χ3v) is 5.87. The molecule has 170 valence electrons. The van der Waals surface area contributed by atoms with E-state index in [1.165, 1.54) is 4.68 Å². The van der Waals surface area contributed by atoms with Crippen molar-refractivity contribution < 1.29 is 4.74 Å².